The van der Waals surface area contributed by atoms with Gasteiger partial charge in [-0.05, 0) is 82.1 Å². The van der Waals surface area contributed by atoms with Crippen LogP contribution in [0.25, 0.3) is 10.9 Å². The fourth-order valence-electron chi connectivity index (χ4n) is 3.64. The van der Waals surface area contributed by atoms with E-state index in [2.05, 4.69) is 40.3 Å². The zero-order valence-electron chi connectivity index (χ0n) is 17.7. The molecule has 0 amide bonds. The van der Waals surface area contributed by atoms with E-state index in [0.29, 0.717) is 18.2 Å². The van der Waals surface area contributed by atoms with Gasteiger partial charge < -0.3 is 24.8 Å². The molecule has 158 valence electrons. The Balaban J connectivity index is 1.74. The van der Waals surface area contributed by atoms with Crippen molar-refractivity contribution in [1.82, 2.24) is 20.1 Å². The molecule has 0 spiro atoms. The molecule has 1 atom stereocenters. The number of hydrogen-bond acceptors (Lipinski definition) is 4. The van der Waals surface area contributed by atoms with Crippen LogP contribution in [0.2, 0.25) is 0 Å². The highest BCUT2D eigenvalue weighted by Crippen LogP contribution is 2.17. The molecular weight excluding hydrogens is 384 g/mol. The van der Waals surface area contributed by atoms with Crippen molar-refractivity contribution < 1.29 is 4.74 Å². The van der Waals surface area contributed by atoms with Crippen molar-refractivity contribution in [2.45, 2.75) is 38.8 Å². The molecule has 1 aromatic carbocycles. The Kier molecular flexibility index (Phi) is 7.64. The maximum absolute atomic E-state index is 12.7. The molecule has 1 aliphatic heterocycles. The number of pyridine rings is 1. The molecule has 0 unspecified atom stereocenters. The summed E-state index contributed by atoms with van der Waals surface area (Å²) in [6, 6.07) is 8.09. The topological polar surface area (TPSA) is 60.6 Å². The molecule has 2 heterocycles. The Morgan fingerprint density at radius 3 is 2.90 bits per heavy atom. The van der Waals surface area contributed by atoms with Crippen LogP contribution < -0.4 is 10.9 Å². The summed E-state index contributed by atoms with van der Waals surface area (Å²) in [5.41, 5.74) is 2.66. The van der Waals surface area contributed by atoms with Gasteiger partial charge in [-0.3, -0.25) is 4.79 Å². The van der Waals surface area contributed by atoms with Crippen LogP contribution in [0.3, 0.4) is 0 Å². The number of aromatic amines is 1. The van der Waals surface area contributed by atoms with Crippen LogP contribution in [0.1, 0.15) is 30.4 Å². The van der Waals surface area contributed by atoms with E-state index in [1.807, 2.05) is 25.1 Å². The summed E-state index contributed by atoms with van der Waals surface area (Å²) in [6.45, 7) is 5.81. The average molecular weight is 417 g/mol. The molecule has 6 nitrogen and oxygen atoms in total. The first-order chi connectivity index (χ1) is 13.9. The van der Waals surface area contributed by atoms with Crippen LogP contribution in [0.5, 0.6) is 0 Å². The summed E-state index contributed by atoms with van der Waals surface area (Å²) in [7, 11) is 4.13. The second-order valence-electron chi connectivity index (χ2n) is 8.12. The molecule has 0 saturated carbocycles. The number of aromatic nitrogens is 1. The molecule has 0 aliphatic carbocycles. The molecule has 3 rings (SSSR count). The van der Waals surface area contributed by atoms with Crippen LogP contribution in [-0.4, -0.2) is 66.3 Å². The first-order valence-corrected chi connectivity index (χ1v) is 10.7. The molecule has 0 radical (unpaired) electrons. The van der Waals surface area contributed by atoms with Crippen LogP contribution >= 0.6 is 12.2 Å². The molecule has 2 aromatic rings. The lowest BCUT2D eigenvalue weighted by atomic mass is 10.1. The molecule has 0 bridgehead atoms. The summed E-state index contributed by atoms with van der Waals surface area (Å²) in [5.74, 6) is 0. The Bertz CT molecular complexity index is 890. The van der Waals surface area contributed by atoms with Gasteiger partial charge in [0, 0.05) is 30.8 Å². The van der Waals surface area contributed by atoms with Gasteiger partial charge in [0.2, 0.25) is 0 Å². The quantitative estimate of drug-likeness (QED) is 0.510. The van der Waals surface area contributed by atoms with Crippen molar-refractivity contribution in [2.24, 2.45) is 0 Å². The molecule has 29 heavy (non-hydrogen) atoms. The summed E-state index contributed by atoms with van der Waals surface area (Å²) < 4.78 is 5.82. The SMILES string of the molecule is Cc1ccc2cc(CN(C[C@H]3CCCO3)C(=S)NCCCN(C)C)c(=O)[nH]c2c1. The summed E-state index contributed by atoms with van der Waals surface area (Å²) in [5, 5.41) is 5.08. The largest absolute Gasteiger partial charge is 0.376 e. The highest BCUT2D eigenvalue weighted by Gasteiger charge is 2.22. The van der Waals surface area contributed by atoms with Crippen molar-refractivity contribution in [2.75, 3.05) is 40.3 Å². The standard InChI is InChI=1S/C22H32N4O2S/c1-16-7-8-17-13-18(21(27)24-20(17)12-16)14-26(15-19-6-4-11-28-19)22(29)23-9-5-10-25(2)3/h7-8,12-13,19H,4-6,9-11,14-15H2,1-3H3,(H,23,29)(H,24,27)/t19-/m1/s1. The number of ether oxygens (including phenoxy) is 1. The average Bonchev–Trinajstić information content (AvgIpc) is 3.18. The third kappa shape index (κ3) is 6.26. The number of fused-ring (bicyclic) bond motifs is 1. The second kappa shape index (κ2) is 10.2. The molecular formula is C22H32N4O2S. The minimum Gasteiger partial charge on any atom is -0.376 e. The third-order valence-electron chi connectivity index (χ3n) is 5.23. The molecule has 1 fully saturated rings. The van der Waals surface area contributed by atoms with Gasteiger partial charge in [0.05, 0.1) is 12.6 Å². The van der Waals surface area contributed by atoms with E-state index >= 15 is 0 Å². The normalized spacial score (nSPS) is 16.5. The Hall–Kier alpha value is -1.96. The first kappa shape index (κ1) is 21.7. The van der Waals surface area contributed by atoms with E-state index in [4.69, 9.17) is 17.0 Å². The maximum Gasteiger partial charge on any atom is 0.253 e. The van der Waals surface area contributed by atoms with Crippen molar-refractivity contribution in [3.05, 3.63) is 45.7 Å². The van der Waals surface area contributed by atoms with Gasteiger partial charge in [-0.2, -0.15) is 0 Å². The van der Waals surface area contributed by atoms with E-state index in [9.17, 15) is 4.79 Å². The molecule has 1 aromatic heterocycles. The van der Waals surface area contributed by atoms with Gasteiger partial charge in [-0.15, -0.1) is 0 Å². The Morgan fingerprint density at radius 2 is 2.17 bits per heavy atom. The number of H-pyrrole nitrogens is 1. The lowest BCUT2D eigenvalue weighted by Gasteiger charge is -2.28. The third-order valence-corrected chi connectivity index (χ3v) is 5.64. The van der Waals surface area contributed by atoms with E-state index in [0.717, 1.165) is 61.0 Å². The molecule has 2 N–H and O–H groups in total. The minimum atomic E-state index is -0.0594. The Morgan fingerprint density at radius 1 is 1.34 bits per heavy atom. The van der Waals surface area contributed by atoms with Crippen molar-refractivity contribution in [1.29, 1.82) is 0 Å². The first-order valence-electron chi connectivity index (χ1n) is 10.3. The zero-order valence-corrected chi connectivity index (χ0v) is 18.5. The van der Waals surface area contributed by atoms with Gasteiger partial charge in [0.15, 0.2) is 5.11 Å². The number of thiocarbonyl (C=S) groups is 1. The lowest BCUT2D eigenvalue weighted by Crippen LogP contribution is -2.44. The van der Waals surface area contributed by atoms with Gasteiger partial charge >= 0.3 is 0 Å². The second-order valence-corrected chi connectivity index (χ2v) is 8.51. The number of hydrogen-bond donors (Lipinski definition) is 2. The number of benzene rings is 1. The zero-order chi connectivity index (χ0) is 20.8. The highest BCUT2D eigenvalue weighted by molar-refractivity contribution is 7.80. The van der Waals surface area contributed by atoms with Gasteiger partial charge in [-0.1, -0.05) is 12.1 Å². The van der Waals surface area contributed by atoms with Crippen LogP contribution in [0.4, 0.5) is 0 Å². The predicted molar refractivity (Wildman–Crippen MR) is 122 cm³/mol. The smallest absolute Gasteiger partial charge is 0.253 e. The monoisotopic (exact) mass is 416 g/mol. The predicted octanol–water partition coefficient (Wildman–Crippen LogP) is 2.64. The number of aryl methyl sites for hydroxylation is 1. The number of nitrogens with one attached hydrogen (secondary N) is 2. The molecule has 1 aliphatic rings. The van der Waals surface area contributed by atoms with E-state index in [-0.39, 0.29) is 11.7 Å². The minimum absolute atomic E-state index is 0.0594. The van der Waals surface area contributed by atoms with Crippen molar-refractivity contribution in [3.63, 3.8) is 0 Å². The maximum atomic E-state index is 12.7. The summed E-state index contributed by atoms with van der Waals surface area (Å²) >= 11 is 5.68. The lowest BCUT2D eigenvalue weighted by molar-refractivity contribution is 0.0897. The van der Waals surface area contributed by atoms with E-state index < -0.39 is 0 Å². The summed E-state index contributed by atoms with van der Waals surface area (Å²) in [4.78, 5) is 19.9. The fourth-order valence-corrected chi connectivity index (χ4v) is 3.88. The van der Waals surface area contributed by atoms with Gasteiger partial charge in [0.1, 0.15) is 0 Å². The number of rotatable bonds is 8. The molecule has 1 saturated heterocycles. The summed E-state index contributed by atoms with van der Waals surface area (Å²) in [6.07, 6.45) is 3.29. The number of nitrogens with zero attached hydrogens (tertiary/aromatic N) is 2. The van der Waals surface area contributed by atoms with Gasteiger partial charge in [0.25, 0.3) is 5.56 Å². The van der Waals surface area contributed by atoms with Crippen LogP contribution in [-0.2, 0) is 11.3 Å². The van der Waals surface area contributed by atoms with Crippen LogP contribution in [0, 0.1) is 6.92 Å². The fraction of sp³-hybridized carbons (Fsp3) is 0.545. The van der Waals surface area contributed by atoms with E-state index in [1.54, 1.807) is 0 Å². The molecule has 7 heteroatoms. The Labute approximate surface area is 178 Å². The van der Waals surface area contributed by atoms with Crippen molar-refractivity contribution >= 4 is 28.2 Å². The van der Waals surface area contributed by atoms with Crippen molar-refractivity contribution in [3.8, 4) is 0 Å². The van der Waals surface area contributed by atoms with Crippen LogP contribution in [0.15, 0.2) is 29.1 Å². The van der Waals surface area contributed by atoms with E-state index in [1.165, 1.54) is 0 Å². The van der Waals surface area contributed by atoms with Gasteiger partial charge in [-0.25, -0.2) is 0 Å². The highest BCUT2D eigenvalue weighted by atomic mass is 32.1.